The summed E-state index contributed by atoms with van der Waals surface area (Å²) in [6.45, 7) is 9.41. The highest BCUT2D eigenvalue weighted by molar-refractivity contribution is 6.04. The lowest BCUT2D eigenvalue weighted by molar-refractivity contribution is 0.320. The first-order valence-corrected chi connectivity index (χ1v) is 13.1. The maximum Gasteiger partial charge on any atom is 0.119 e. The number of nitrogens with zero attached hydrogens (tertiary/aromatic N) is 2. The van der Waals surface area contributed by atoms with E-state index in [1.165, 1.54) is 45.8 Å². The molecule has 0 amide bonds. The molecule has 1 atom stereocenters. The molecule has 1 fully saturated rings. The van der Waals surface area contributed by atoms with Crippen molar-refractivity contribution in [2.24, 2.45) is 10.9 Å². The van der Waals surface area contributed by atoms with Crippen molar-refractivity contribution >= 4 is 5.71 Å². The van der Waals surface area contributed by atoms with Crippen molar-refractivity contribution in [3.05, 3.63) is 125 Å². The Hall–Kier alpha value is -3.59. The van der Waals surface area contributed by atoms with Crippen LogP contribution in [0.4, 0.5) is 0 Å². The van der Waals surface area contributed by atoms with Crippen LogP contribution in [0, 0.1) is 5.92 Å². The summed E-state index contributed by atoms with van der Waals surface area (Å²) in [6, 6.07) is 29.8. The first-order chi connectivity index (χ1) is 17.6. The molecule has 0 bridgehead atoms. The van der Waals surface area contributed by atoms with E-state index in [1.54, 1.807) is 0 Å². The molecule has 1 saturated heterocycles. The second kappa shape index (κ2) is 11.4. The maximum absolute atomic E-state index is 6.16. The molecule has 0 spiro atoms. The summed E-state index contributed by atoms with van der Waals surface area (Å²) >= 11 is 0. The third-order valence-electron chi connectivity index (χ3n) is 7.32. The predicted octanol–water partition coefficient (Wildman–Crippen LogP) is 7.24. The van der Waals surface area contributed by atoms with Crippen LogP contribution in [-0.2, 0) is 12.8 Å². The summed E-state index contributed by atoms with van der Waals surface area (Å²) in [5.41, 5.74) is 8.83. The van der Waals surface area contributed by atoms with Gasteiger partial charge in [-0.3, -0.25) is 4.99 Å². The summed E-state index contributed by atoms with van der Waals surface area (Å²) < 4.78 is 6.16. The first kappa shape index (κ1) is 24.1. The van der Waals surface area contributed by atoms with Gasteiger partial charge in [-0.15, -0.1) is 0 Å². The number of aliphatic imine (C=N–C) groups is 1. The Kier molecular flexibility index (Phi) is 7.66. The summed E-state index contributed by atoms with van der Waals surface area (Å²) in [6.07, 6.45) is 5.01. The molecule has 2 aliphatic rings. The fourth-order valence-electron chi connectivity index (χ4n) is 5.31. The fourth-order valence-corrected chi connectivity index (χ4v) is 5.31. The Morgan fingerprint density at radius 2 is 1.72 bits per heavy atom. The van der Waals surface area contributed by atoms with Crippen LogP contribution in [0.3, 0.4) is 0 Å². The first-order valence-electron chi connectivity index (χ1n) is 13.1. The molecule has 2 aliphatic heterocycles. The average molecular weight is 477 g/mol. The zero-order chi connectivity index (χ0) is 24.7. The van der Waals surface area contributed by atoms with Crippen molar-refractivity contribution in [3.63, 3.8) is 0 Å². The van der Waals surface area contributed by atoms with E-state index >= 15 is 0 Å². The summed E-state index contributed by atoms with van der Waals surface area (Å²) in [5.74, 6) is 1.61. The molecule has 0 N–H and O–H groups in total. The topological polar surface area (TPSA) is 24.8 Å². The van der Waals surface area contributed by atoms with E-state index in [1.807, 2.05) is 6.07 Å². The second-order valence-corrected chi connectivity index (χ2v) is 10.1. The third-order valence-corrected chi connectivity index (χ3v) is 7.32. The van der Waals surface area contributed by atoms with E-state index in [4.69, 9.17) is 9.73 Å². The van der Waals surface area contributed by atoms with Gasteiger partial charge in [0.15, 0.2) is 0 Å². The summed E-state index contributed by atoms with van der Waals surface area (Å²) in [7, 11) is 0. The van der Waals surface area contributed by atoms with Crippen LogP contribution in [0.5, 0.6) is 5.75 Å². The van der Waals surface area contributed by atoms with Crippen molar-refractivity contribution in [1.29, 1.82) is 0 Å². The molecule has 36 heavy (non-hydrogen) atoms. The minimum atomic E-state index is 0.651. The lowest BCUT2D eigenvalue weighted by Gasteiger charge is -2.21. The normalized spacial score (nSPS) is 17.4. The SMILES string of the molecule is C=C(Cc1ccccc1)N1CCC(Cc2cccc(OCCC3=C(C)CC(c4ccccc4)=N3)c2)C1. The van der Waals surface area contributed by atoms with Crippen LogP contribution < -0.4 is 4.74 Å². The van der Waals surface area contributed by atoms with E-state index in [0.717, 1.165) is 44.5 Å². The molecule has 0 aromatic heterocycles. The molecule has 184 valence electrons. The molecule has 0 saturated carbocycles. The van der Waals surface area contributed by atoms with Crippen LogP contribution in [0.15, 0.2) is 113 Å². The standard InChI is InChI=1S/C33H36N2O/c1-25-20-33(30-13-7-4-8-14-30)34-32(25)17-19-36-31-15-9-12-28(23-31)22-29-16-18-35(24-29)26(2)21-27-10-5-3-6-11-27/h3-15,23,29H,2,16-22,24H2,1H3. The number of ether oxygens (including phenoxy) is 1. The molecule has 1 unspecified atom stereocenters. The highest BCUT2D eigenvalue weighted by Crippen LogP contribution is 2.28. The average Bonchev–Trinajstić information content (AvgIpc) is 3.52. The van der Waals surface area contributed by atoms with Crippen molar-refractivity contribution in [1.82, 2.24) is 4.90 Å². The Morgan fingerprint density at radius 1 is 0.972 bits per heavy atom. The van der Waals surface area contributed by atoms with E-state index in [9.17, 15) is 0 Å². The van der Waals surface area contributed by atoms with Crippen molar-refractivity contribution < 1.29 is 4.74 Å². The third kappa shape index (κ3) is 6.15. The van der Waals surface area contributed by atoms with Crippen LogP contribution in [0.1, 0.15) is 42.9 Å². The van der Waals surface area contributed by atoms with E-state index in [2.05, 4.69) is 97.3 Å². The van der Waals surface area contributed by atoms with Crippen LogP contribution in [-0.4, -0.2) is 30.3 Å². The second-order valence-electron chi connectivity index (χ2n) is 10.1. The van der Waals surface area contributed by atoms with E-state index < -0.39 is 0 Å². The monoisotopic (exact) mass is 476 g/mol. The fraction of sp³-hybridized carbons (Fsp3) is 0.303. The molecule has 2 heterocycles. The Bertz CT molecular complexity index is 1240. The van der Waals surface area contributed by atoms with Crippen LogP contribution in [0.25, 0.3) is 0 Å². The highest BCUT2D eigenvalue weighted by atomic mass is 16.5. The minimum Gasteiger partial charge on any atom is -0.493 e. The lowest BCUT2D eigenvalue weighted by atomic mass is 9.98. The van der Waals surface area contributed by atoms with Gasteiger partial charge in [-0.05, 0) is 60.1 Å². The Morgan fingerprint density at radius 3 is 2.53 bits per heavy atom. The quantitative estimate of drug-likeness (QED) is 0.308. The van der Waals surface area contributed by atoms with Crippen LogP contribution >= 0.6 is 0 Å². The molecule has 0 aliphatic carbocycles. The van der Waals surface area contributed by atoms with Gasteiger partial charge in [0.05, 0.1) is 12.3 Å². The van der Waals surface area contributed by atoms with Gasteiger partial charge in [-0.2, -0.15) is 0 Å². The molecule has 3 heteroatoms. The maximum atomic E-state index is 6.16. The van der Waals surface area contributed by atoms with Crippen molar-refractivity contribution in [2.75, 3.05) is 19.7 Å². The number of allylic oxidation sites excluding steroid dienone is 2. The minimum absolute atomic E-state index is 0.651. The van der Waals surface area contributed by atoms with Gasteiger partial charge in [-0.1, -0.05) is 79.4 Å². The van der Waals surface area contributed by atoms with E-state index in [-0.39, 0.29) is 0 Å². The molecular formula is C33H36N2O. The molecule has 3 aromatic rings. The molecule has 0 radical (unpaired) electrons. The number of rotatable bonds is 10. The van der Waals surface area contributed by atoms with Gasteiger partial charge >= 0.3 is 0 Å². The van der Waals surface area contributed by atoms with Gasteiger partial charge < -0.3 is 9.64 Å². The number of hydrogen-bond donors (Lipinski definition) is 0. The Labute approximate surface area is 215 Å². The number of benzene rings is 3. The van der Waals surface area contributed by atoms with Gasteiger partial charge in [0.2, 0.25) is 0 Å². The van der Waals surface area contributed by atoms with Gasteiger partial charge in [0.1, 0.15) is 5.75 Å². The highest BCUT2D eigenvalue weighted by Gasteiger charge is 2.23. The summed E-state index contributed by atoms with van der Waals surface area (Å²) in [5, 5.41) is 0. The predicted molar refractivity (Wildman–Crippen MR) is 150 cm³/mol. The Balaban J connectivity index is 1.10. The van der Waals surface area contributed by atoms with Gasteiger partial charge in [0.25, 0.3) is 0 Å². The zero-order valence-corrected chi connectivity index (χ0v) is 21.3. The largest absolute Gasteiger partial charge is 0.493 e. The van der Waals surface area contributed by atoms with Crippen LogP contribution in [0.2, 0.25) is 0 Å². The lowest BCUT2D eigenvalue weighted by Crippen LogP contribution is -2.21. The molecular weight excluding hydrogens is 440 g/mol. The summed E-state index contributed by atoms with van der Waals surface area (Å²) in [4.78, 5) is 7.38. The number of hydrogen-bond acceptors (Lipinski definition) is 3. The van der Waals surface area contributed by atoms with Crippen molar-refractivity contribution in [2.45, 2.75) is 39.0 Å². The smallest absolute Gasteiger partial charge is 0.119 e. The van der Waals surface area contributed by atoms with Crippen molar-refractivity contribution in [3.8, 4) is 5.75 Å². The van der Waals surface area contributed by atoms with Gasteiger partial charge in [-0.25, -0.2) is 0 Å². The van der Waals surface area contributed by atoms with E-state index in [0.29, 0.717) is 12.5 Å². The zero-order valence-electron chi connectivity index (χ0n) is 21.3. The molecule has 5 rings (SSSR count). The molecule has 3 aromatic carbocycles. The molecule has 3 nitrogen and oxygen atoms in total. The van der Waals surface area contributed by atoms with Gasteiger partial charge in [0, 0.05) is 43.7 Å². The number of likely N-dealkylation sites (tertiary alicyclic amines) is 1.